The number of nitrogens with zero attached hydrogens (tertiary/aromatic N) is 3. The van der Waals surface area contributed by atoms with Gasteiger partial charge in [-0.15, -0.1) is 0 Å². The highest BCUT2D eigenvalue weighted by atomic mass is 35.5. The van der Waals surface area contributed by atoms with Gasteiger partial charge >= 0.3 is 12.1 Å². The second-order valence-corrected chi connectivity index (χ2v) is 14.9. The molecule has 3 fully saturated rings. The third-order valence-electron chi connectivity index (χ3n) is 11.2. The van der Waals surface area contributed by atoms with Gasteiger partial charge in [0.15, 0.2) is 17.3 Å². The molecule has 2 saturated heterocycles. The van der Waals surface area contributed by atoms with E-state index in [1.54, 1.807) is 48.6 Å². The van der Waals surface area contributed by atoms with E-state index in [1.165, 1.54) is 13.2 Å². The SMILES string of the molecule is COc1cc(C=CC2C3=CCC4C(=O)N(CCCC(=O)O)C(=O)C4C3CC3C(=O)N(Nc4ncc(C(F)(F)F)cc4Cl)C(=O)C23c2ccc(Cl)cc2)ccc1O. The topological polar surface area (TPSA) is 166 Å². The van der Waals surface area contributed by atoms with Crippen LogP contribution >= 0.6 is 23.2 Å². The molecular weight excluding hydrogens is 780 g/mol. The number of fused-ring (bicyclic) bond motifs is 4. The number of carboxylic acid groups (broad SMARTS) is 1. The number of halogens is 5. The minimum Gasteiger partial charge on any atom is -0.504 e. The van der Waals surface area contributed by atoms with E-state index in [4.69, 9.17) is 27.9 Å². The number of rotatable bonds is 10. The lowest BCUT2D eigenvalue weighted by Crippen LogP contribution is -2.54. The lowest BCUT2D eigenvalue weighted by molar-refractivity contribution is -0.142. The fourth-order valence-electron chi connectivity index (χ4n) is 8.71. The minimum atomic E-state index is -4.77. The Hall–Kier alpha value is -5.41. The van der Waals surface area contributed by atoms with E-state index >= 15 is 4.79 Å². The summed E-state index contributed by atoms with van der Waals surface area (Å²) in [5, 5.41) is 19.9. The second kappa shape index (κ2) is 14.6. The van der Waals surface area contributed by atoms with Gasteiger partial charge in [-0.2, -0.15) is 18.2 Å². The van der Waals surface area contributed by atoms with Crippen LogP contribution in [0.1, 0.15) is 42.4 Å². The number of hydrogen-bond acceptors (Lipinski definition) is 9. The summed E-state index contributed by atoms with van der Waals surface area (Å²) < 4.78 is 45.6. The maximum absolute atomic E-state index is 15.2. The predicted molar refractivity (Wildman–Crippen MR) is 195 cm³/mol. The molecule has 4 amide bonds. The van der Waals surface area contributed by atoms with E-state index in [9.17, 15) is 42.6 Å². The van der Waals surface area contributed by atoms with Crippen molar-refractivity contribution in [3.63, 3.8) is 0 Å². The number of likely N-dealkylation sites (tertiary alicyclic amines) is 1. The van der Waals surface area contributed by atoms with Gasteiger partial charge in [-0.05, 0) is 66.6 Å². The van der Waals surface area contributed by atoms with Crippen molar-refractivity contribution in [3.05, 3.63) is 99.2 Å². The Morgan fingerprint density at radius 2 is 1.79 bits per heavy atom. The zero-order chi connectivity index (χ0) is 40.3. The number of carbonyl (C=O) groups excluding carboxylic acids is 4. The van der Waals surface area contributed by atoms with Crippen LogP contribution in [-0.4, -0.2) is 68.4 Å². The van der Waals surface area contributed by atoms with Crippen LogP contribution in [0.5, 0.6) is 11.5 Å². The number of nitrogens with one attached hydrogen (secondary N) is 1. The summed E-state index contributed by atoms with van der Waals surface area (Å²) in [6.45, 7) is -0.0980. The second-order valence-electron chi connectivity index (χ2n) is 14.1. The third-order valence-corrected chi connectivity index (χ3v) is 11.7. The number of aromatic hydroxyl groups is 1. The zero-order valence-corrected chi connectivity index (χ0v) is 30.9. The Morgan fingerprint density at radius 3 is 2.45 bits per heavy atom. The molecule has 3 N–H and O–H groups in total. The number of amides is 4. The molecule has 7 rings (SSSR count). The van der Waals surface area contributed by atoms with Gasteiger partial charge in [0, 0.05) is 30.1 Å². The first kappa shape index (κ1) is 38.8. The number of phenolic OH excluding ortho intramolecular Hbond substituents is 1. The van der Waals surface area contributed by atoms with Gasteiger partial charge in [-0.25, -0.2) is 4.98 Å². The third kappa shape index (κ3) is 6.45. The summed E-state index contributed by atoms with van der Waals surface area (Å²) >= 11 is 12.5. The maximum atomic E-state index is 15.2. The number of ether oxygens (including phenoxy) is 1. The molecule has 0 radical (unpaired) electrons. The van der Waals surface area contributed by atoms with E-state index < -0.39 is 81.4 Å². The summed E-state index contributed by atoms with van der Waals surface area (Å²) in [7, 11) is 1.38. The number of carboxylic acids is 1. The normalized spacial score (nSPS) is 26.0. The average Bonchev–Trinajstić information content (AvgIpc) is 3.52. The molecule has 6 atom stereocenters. The first-order valence-electron chi connectivity index (χ1n) is 17.5. The Labute approximate surface area is 327 Å². The van der Waals surface area contributed by atoms with Crippen LogP contribution in [0.2, 0.25) is 10.0 Å². The number of carbonyl (C=O) groups is 5. The number of pyridine rings is 1. The summed E-state index contributed by atoms with van der Waals surface area (Å²) in [5.74, 6) is -8.52. The quantitative estimate of drug-likeness (QED) is 0.152. The van der Waals surface area contributed by atoms with Crippen LogP contribution < -0.4 is 10.2 Å². The Bertz CT molecular complexity index is 2210. The molecule has 2 aromatic carbocycles. The highest BCUT2D eigenvalue weighted by molar-refractivity contribution is 6.33. The molecule has 4 aliphatic rings. The molecule has 0 spiro atoms. The largest absolute Gasteiger partial charge is 0.504 e. The number of aliphatic carboxylic acids is 1. The van der Waals surface area contributed by atoms with Gasteiger partial charge in [0.1, 0.15) is 0 Å². The first-order valence-corrected chi connectivity index (χ1v) is 18.3. The van der Waals surface area contributed by atoms with Crippen molar-refractivity contribution in [2.24, 2.45) is 29.6 Å². The number of anilines is 1. The summed E-state index contributed by atoms with van der Waals surface area (Å²) in [6, 6.07) is 11.5. The van der Waals surface area contributed by atoms with Crippen LogP contribution in [0.15, 0.2) is 72.5 Å². The van der Waals surface area contributed by atoms with Gasteiger partial charge in [0.2, 0.25) is 11.8 Å². The number of aromatic nitrogens is 1. The van der Waals surface area contributed by atoms with Crippen LogP contribution in [0, 0.1) is 29.6 Å². The summed E-state index contributed by atoms with van der Waals surface area (Å²) in [6.07, 6.45) is 0.816. The lowest BCUT2D eigenvalue weighted by atomic mass is 9.50. The molecule has 2 aliphatic heterocycles. The summed E-state index contributed by atoms with van der Waals surface area (Å²) in [4.78, 5) is 73.8. The Kier molecular flexibility index (Phi) is 10.1. The molecule has 292 valence electrons. The lowest BCUT2D eigenvalue weighted by Gasteiger charge is -2.49. The minimum absolute atomic E-state index is 0.0507. The van der Waals surface area contributed by atoms with E-state index in [0.717, 1.165) is 4.90 Å². The molecule has 3 aromatic rings. The number of benzene rings is 2. The molecule has 17 heteroatoms. The first-order chi connectivity index (χ1) is 26.6. The molecule has 12 nitrogen and oxygen atoms in total. The van der Waals surface area contributed by atoms with E-state index in [0.29, 0.717) is 39.0 Å². The number of hydrogen-bond donors (Lipinski definition) is 3. The van der Waals surface area contributed by atoms with Crippen LogP contribution in [-0.2, 0) is 35.6 Å². The average molecular weight is 814 g/mol. The standard InChI is InChI=1S/C39H33Cl2F3N4O8/c1-56-30-15-19(5-13-29(30)49)4-12-26-23-10-11-24-32(36(54)47(34(24)52)14-2-3-31(50)51)25(23)17-27-35(53)48(37(55)38(26,27)20-6-8-22(40)9-7-20)46-33-28(41)16-21(18-45-33)39(42,43)44/h4-10,12-13,15-16,18,24-27,32,49H,2-3,11,14,17H2,1H3,(H,45,46)(H,50,51). The number of phenols is 1. The van der Waals surface area contributed by atoms with Crippen molar-refractivity contribution >= 4 is 64.7 Å². The fraction of sp³-hybridized carbons (Fsp3) is 0.333. The monoisotopic (exact) mass is 812 g/mol. The van der Waals surface area contributed by atoms with Crippen molar-refractivity contribution in [3.8, 4) is 11.5 Å². The van der Waals surface area contributed by atoms with Crippen molar-refractivity contribution in [1.82, 2.24) is 14.9 Å². The number of hydrazine groups is 1. The highest BCUT2D eigenvalue weighted by Crippen LogP contribution is 2.61. The number of imide groups is 2. The maximum Gasteiger partial charge on any atom is 0.417 e. The van der Waals surface area contributed by atoms with E-state index in [1.807, 2.05) is 6.08 Å². The molecule has 6 unspecified atom stereocenters. The molecule has 56 heavy (non-hydrogen) atoms. The molecule has 2 aliphatic carbocycles. The van der Waals surface area contributed by atoms with Gasteiger partial charge in [0.05, 0.1) is 40.9 Å². The molecule has 1 aromatic heterocycles. The van der Waals surface area contributed by atoms with Crippen molar-refractivity contribution in [2.75, 3.05) is 19.1 Å². The number of alkyl halides is 3. The van der Waals surface area contributed by atoms with Crippen molar-refractivity contribution in [1.29, 1.82) is 0 Å². The van der Waals surface area contributed by atoms with Crippen LogP contribution in [0.4, 0.5) is 19.0 Å². The number of allylic oxidation sites excluding steroid dienone is 3. The predicted octanol–water partition coefficient (Wildman–Crippen LogP) is 6.52. The Morgan fingerprint density at radius 1 is 1.05 bits per heavy atom. The molecule has 1 saturated carbocycles. The Balaban J connectivity index is 1.38. The zero-order valence-electron chi connectivity index (χ0n) is 29.4. The van der Waals surface area contributed by atoms with Gasteiger partial charge in [-0.1, -0.05) is 65.2 Å². The van der Waals surface area contributed by atoms with Crippen molar-refractivity contribution < 1.29 is 52.1 Å². The van der Waals surface area contributed by atoms with E-state index in [-0.39, 0.29) is 49.5 Å². The number of methoxy groups -OCH3 is 1. The smallest absolute Gasteiger partial charge is 0.417 e. The van der Waals surface area contributed by atoms with Crippen LogP contribution in [0.3, 0.4) is 0 Å². The molecular formula is C39H33Cl2F3N4O8. The van der Waals surface area contributed by atoms with Crippen molar-refractivity contribution in [2.45, 2.75) is 37.3 Å². The molecule has 3 heterocycles. The fourth-order valence-corrected chi connectivity index (χ4v) is 9.04. The van der Waals surface area contributed by atoms with Gasteiger partial charge < -0.3 is 14.9 Å². The summed E-state index contributed by atoms with van der Waals surface area (Å²) in [5.41, 5.74) is 1.24. The highest BCUT2D eigenvalue weighted by Gasteiger charge is 2.69. The van der Waals surface area contributed by atoms with Gasteiger partial charge in [-0.3, -0.25) is 34.3 Å². The van der Waals surface area contributed by atoms with Gasteiger partial charge in [0.25, 0.3) is 11.8 Å². The van der Waals surface area contributed by atoms with Crippen LogP contribution in [0.25, 0.3) is 6.08 Å². The molecule has 0 bridgehead atoms. The van der Waals surface area contributed by atoms with E-state index in [2.05, 4.69) is 10.4 Å².